The van der Waals surface area contributed by atoms with Gasteiger partial charge in [-0.2, -0.15) is 13.2 Å². The summed E-state index contributed by atoms with van der Waals surface area (Å²) in [6.45, 7) is 3.61. The summed E-state index contributed by atoms with van der Waals surface area (Å²) in [5.74, 6) is -0.279. The second-order valence-electron chi connectivity index (χ2n) is 6.35. The molecule has 3 rings (SSSR count). The fraction of sp³-hybridized carbons (Fsp3) is 0.250. The highest BCUT2D eigenvalue weighted by molar-refractivity contribution is 5.88. The van der Waals surface area contributed by atoms with E-state index in [9.17, 15) is 18.0 Å². The molecule has 26 heavy (non-hydrogen) atoms. The van der Waals surface area contributed by atoms with Crippen molar-refractivity contribution in [1.29, 1.82) is 0 Å². The molecule has 1 atom stereocenters. The quantitative estimate of drug-likeness (QED) is 0.696. The molecule has 3 nitrogen and oxygen atoms in total. The van der Waals surface area contributed by atoms with Crippen molar-refractivity contribution in [2.75, 3.05) is 0 Å². The lowest BCUT2D eigenvalue weighted by Gasteiger charge is -2.16. The normalized spacial score (nSPS) is 13.0. The largest absolute Gasteiger partial charge is 0.464 e. The van der Waals surface area contributed by atoms with E-state index in [0.29, 0.717) is 11.1 Å². The van der Waals surface area contributed by atoms with Gasteiger partial charge in [-0.1, -0.05) is 24.3 Å². The van der Waals surface area contributed by atoms with Crippen molar-refractivity contribution in [2.45, 2.75) is 32.5 Å². The molecule has 0 saturated carbocycles. The standard InChI is InChI=1S/C20H18F3NO2/c1-12-6-7-17-15(11-26-18(17)8-12)10-19(25)24-13(2)14-4-3-5-16(9-14)20(21,22)23/h3-9,11,13H,10H2,1-2H3,(H,24,25). The number of carbonyl (C=O) groups is 1. The van der Waals surface area contributed by atoms with Crippen molar-refractivity contribution in [2.24, 2.45) is 0 Å². The van der Waals surface area contributed by atoms with E-state index in [-0.39, 0.29) is 12.3 Å². The summed E-state index contributed by atoms with van der Waals surface area (Å²) in [5, 5.41) is 3.60. The first-order chi connectivity index (χ1) is 12.2. The molecule has 0 saturated heterocycles. The molecule has 136 valence electrons. The number of benzene rings is 2. The van der Waals surface area contributed by atoms with Crippen molar-refractivity contribution < 1.29 is 22.4 Å². The van der Waals surface area contributed by atoms with Gasteiger partial charge < -0.3 is 9.73 Å². The van der Waals surface area contributed by atoms with Gasteiger partial charge in [0.2, 0.25) is 5.91 Å². The van der Waals surface area contributed by atoms with Crippen LogP contribution in [0, 0.1) is 6.92 Å². The zero-order valence-electron chi connectivity index (χ0n) is 14.4. The van der Waals surface area contributed by atoms with Crippen LogP contribution in [0.4, 0.5) is 13.2 Å². The number of halogens is 3. The fourth-order valence-electron chi connectivity index (χ4n) is 2.86. The summed E-state index contributed by atoms with van der Waals surface area (Å²) in [7, 11) is 0. The van der Waals surface area contributed by atoms with Crippen LogP contribution in [0.25, 0.3) is 11.0 Å². The van der Waals surface area contributed by atoms with Gasteiger partial charge >= 0.3 is 6.18 Å². The maximum atomic E-state index is 12.8. The van der Waals surface area contributed by atoms with Gasteiger partial charge in [-0.25, -0.2) is 0 Å². The van der Waals surface area contributed by atoms with Crippen LogP contribution in [0.5, 0.6) is 0 Å². The number of furan rings is 1. The first kappa shape index (κ1) is 18.0. The number of fused-ring (bicyclic) bond motifs is 1. The number of hydrogen-bond acceptors (Lipinski definition) is 2. The summed E-state index contributed by atoms with van der Waals surface area (Å²) in [5.41, 5.74) is 2.18. The minimum atomic E-state index is -4.41. The Kier molecular flexibility index (Phi) is 4.76. The Bertz CT molecular complexity index is 944. The van der Waals surface area contributed by atoms with Crippen LogP contribution in [0.15, 0.2) is 53.1 Å². The van der Waals surface area contributed by atoms with Crippen LogP contribution >= 0.6 is 0 Å². The third kappa shape index (κ3) is 3.90. The number of carbonyl (C=O) groups excluding carboxylic acids is 1. The fourth-order valence-corrected chi connectivity index (χ4v) is 2.86. The van der Waals surface area contributed by atoms with Crippen LogP contribution in [0.2, 0.25) is 0 Å². The number of nitrogens with one attached hydrogen (secondary N) is 1. The number of rotatable bonds is 4. The summed E-state index contributed by atoms with van der Waals surface area (Å²) < 4.78 is 43.9. The van der Waals surface area contributed by atoms with E-state index in [4.69, 9.17) is 4.42 Å². The minimum Gasteiger partial charge on any atom is -0.464 e. The van der Waals surface area contributed by atoms with E-state index in [2.05, 4.69) is 5.32 Å². The molecular formula is C20H18F3NO2. The zero-order valence-corrected chi connectivity index (χ0v) is 14.4. The molecule has 1 N–H and O–H groups in total. The predicted octanol–water partition coefficient (Wildman–Crippen LogP) is 5.18. The molecule has 0 aliphatic rings. The molecule has 0 aliphatic heterocycles. The number of amides is 1. The molecule has 1 aromatic heterocycles. The number of alkyl halides is 3. The van der Waals surface area contributed by atoms with Crippen LogP contribution in [0.3, 0.4) is 0 Å². The van der Waals surface area contributed by atoms with Crippen LogP contribution in [-0.4, -0.2) is 5.91 Å². The Morgan fingerprint density at radius 1 is 1.19 bits per heavy atom. The van der Waals surface area contributed by atoms with Gasteiger partial charge in [-0.3, -0.25) is 4.79 Å². The summed E-state index contributed by atoms with van der Waals surface area (Å²) in [4.78, 5) is 12.3. The highest BCUT2D eigenvalue weighted by Gasteiger charge is 2.30. The van der Waals surface area contributed by atoms with Crippen LogP contribution < -0.4 is 5.32 Å². The smallest absolute Gasteiger partial charge is 0.416 e. The van der Waals surface area contributed by atoms with Crippen molar-refractivity contribution in [3.8, 4) is 0 Å². The van der Waals surface area contributed by atoms with Crippen LogP contribution in [-0.2, 0) is 17.4 Å². The third-order valence-corrected chi connectivity index (χ3v) is 4.25. The average molecular weight is 361 g/mol. The maximum Gasteiger partial charge on any atom is 0.416 e. The first-order valence-electron chi connectivity index (χ1n) is 8.17. The lowest BCUT2D eigenvalue weighted by molar-refractivity contribution is -0.137. The molecule has 1 heterocycles. The average Bonchev–Trinajstić information content (AvgIpc) is 2.96. The summed E-state index contributed by atoms with van der Waals surface area (Å²) in [6.07, 6.45) is -2.77. The molecule has 6 heteroatoms. The van der Waals surface area contributed by atoms with Gasteiger partial charge in [0.25, 0.3) is 0 Å². The van der Waals surface area contributed by atoms with Crippen molar-refractivity contribution in [3.63, 3.8) is 0 Å². The van der Waals surface area contributed by atoms with E-state index in [0.717, 1.165) is 28.6 Å². The second kappa shape index (κ2) is 6.86. The van der Waals surface area contributed by atoms with E-state index in [1.165, 1.54) is 6.07 Å². The van der Waals surface area contributed by atoms with Crippen molar-refractivity contribution >= 4 is 16.9 Å². The minimum absolute atomic E-state index is 0.0966. The van der Waals surface area contributed by atoms with Crippen LogP contribution in [0.1, 0.15) is 35.2 Å². The van der Waals surface area contributed by atoms with Gasteiger partial charge in [0.15, 0.2) is 0 Å². The molecule has 1 amide bonds. The molecular weight excluding hydrogens is 343 g/mol. The molecule has 0 bridgehead atoms. The highest BCUT2D eigenvalue weighted by atomic mass is 19.4. The predicted molar refractivity (Wildman–Crippen MR) is 92.7 cm³/mol. The van der Waals surface area contributed by atoms with Crippen molar-refractivity contribution in [3.05, 3.63) is 71.0 Å². The third-order valence-electron chi connectivity index (χ3n) is 4.25. The maximum absolute atomic E-state index is 12.8. The van der Waals surface area contributed by atoms with E-state index in [1.54, 1.807) is 19.3 Å². The molecule has 0 radical (unpaired) electrons. The molecule has 3 aromatic rings. The van der Waals surface area contributed by atoms with E-state index in [1.807, 2.05) is 25.1 Å². The zero-order chi connectivity index (χ0) is 18.9. The second-order valence-corrected chi connectivity index (χ2v) is 6.35. The van der Waals surface area contributed by atoms with E-state index < -0.39 is 17.8 Å². The van der Waals surface area contributed by atoms with Crippen molar-refractivity contribution in [1.82, 2.24) is 5.32 Å². The first-order valence-corrected chi connectivity index (χ1v) is 8.17. The Balaban J connectivity index is 1.71. The molecule has 0 spiro atoms. The van der Waals surface area contributed by atoms with Gasteiger partial charge in [-0.05, 0) is 43.2 Å². The summed E-state index contributed by atoms with van der Waals surface area (Å²) >= 11 is 0. The highest BCUT2D eigenvalue weighted by Crippen LogP contribution is 2.30. The molecule has 2 aromatic carbocycles. The molecule has 0 fully saturated rings. The van der Waals surface area contributed by atoms with E-state index >= 15 is 0 Å². The Hall–Kier alpha value is -2.76. The topological polar surface area (TPSA) is 42.2 Å². The van der Waals surface area contributed by atoms with Gasteiger partial charge in [0.05, 0.1) is 24.3 Å². The van der Waals surface area contributed by atoms with Gasteiger partial charge in [0, 0.05) is 10.9 Å². The number of aryl methyl sites for hydroxylation is 1. The van der Waals surface area contributed by atoms with Gasteiger partial charge in [0.1, 0.15) is 5.58 Å². The van der Waals surface area contributed by atoms with Gasteiger partial charge in [-0.15, -0.1) is 0 Å². The SMILES string of the molecule is Cc1ccc2c(CC(=O)NC(C)c3cccc(C(F)(F)F)c3)coc2c1. The summed E-state index contributed by atoms with van der Waals surface area (Å²) in [6, 6.07) is 10.2. The molecule has 0 aliphatic carbocycles. The Morgan fingerprint density at radius 3 is 2.69 bits per heavy atom. The number of hydrogen-bond donors (Lipinski definition) is 1. The molecule has 1 unspecified atom stereocenters. The monoisotopic (exact) mass is 361 g/mol. The Labute approximate surface area is 148 Å². The Morgan fingerprint density at radius 2 is 1.96 bits per heavy atom. The lowest BCUT2D eigenvalue weighted by atomic mass is 10.0. The lowest BCUT2D eigenvalue weighted by Crippen LogP contribution is -2.28.